The number of nitrogens with one attached hydrogen (secondary N) is 1. The first kappa shape index (κ1) is 32.5. The molecule has 2 atom stereocenters. The van der Waals surface area contributed by atoms with E-state index in [1.165, 1.54) is 0 Å². The molecule has 47 heavy (non-hydrogen) atoms. The Morgan fingerprint density at radius 2 is 1.81 bits per heavy atom. The van der Waals surface area contributed by atoms with Crippen LogP contribution in [0.15, 0.2) is 36.8 Å². The van der Waals surface area contributed by atoms with Gasteiger partial charge in [0.15, 0.2) is 5.65 Å². The van der Waals surface area contributed by atoms with E-state index in [4.69, 9.17) is 24.5 Å². The van der Waals surface area contributed by atoms with Gasteiger partial charge < -0.3 is 29.2 Å². The van der Waals surface area contributed by atoms with Gasteiger partial charge in [-0.05, 0) is 85.3 Å². The van der Waals surface area contributed by atoms with Crippen LogP contribution in [0.1, 0.15) is 83.5 Å². The smallest absolute Gasteiger partial charge is 0.416 e. The average Bonchev–Trinajstić information content (AvgIpc) is 3.58. The molecule has 0 spiro atoms. The summed E-state index contributed by atoms with van der Waals surface area (Å²) in [6.07, 6.45) is 6.73. The Bertz CT molecular complexity index is 1780. The number of fused-ring (bicyclic) bond motifs is 2. The number of nitrogens with zero attached hydrogens (tertiary/aromatic N) is 7. The van der Waals surface area contributed by atoms with E-state index in [2.05, 4.69) is 5.32 Å². The van der Waals surface area contributed by atoms with Crippen LogP contribution in [0.5, 0.6) is 0 Å². The van der Waals surface area contributed by atoms with Crippen molar-refractivity contribution in [1.29, 1.82) is 0 Å². The molecule has 0 aromatic carbocycles. The highest BCUT2D eigenvalue weighted by atomic mass is 16.6. The minimum atomic E-state index is -0.735. The molecule has 1 saturated carbocycles. The third-order valence-corrected chi connectivity index (χ3v) is 8.35. The van der Waals surface area contributed by atoms with E-state index in [9.17, 15) is 14.7 Å². The second kappa shape index (κ2) is 12.3. The molecule has 6 rings (SSSR count). The molecule has 0 bridgehead atoms. The summed E-state index contributed by atoms with van der Waals surface area (Å²) in [5.74, 6) is 1.30. The van der Waals surface area contributed by atoms with Crippen LogP contribution in [-0.2, 0) is 16.0 Å². The van der Waals surface area contributed by atoms with Gasteiger partial charge in [0, 0.05) is 43.0 Å². The Balaban J connectivity index is 1.30. The number of amides is 2. The lowest BCUT2D eigenvalue weighted by Gasteiger charge is -2.36. The lowest BCUT2D eigenvalue weighted by Crippen LogP contribution is -2.49. The number of hydrogen-bond donors (Lipinski definition) is 2. The summed E-state index contributed by atoms with van der Waals surface area (Å²) in [5.41, 5.74) is 2.92. The maximum absolute atomic E-state index is 13.9. The molecule has 4 aromatic heterocycles. The first-order chi connectivity index (χ1) is 22.1. The number of aryl methyl sites for hydroxylation is 1. The van der Waals surface area contributed by atoms with Gasteiger partial charge in [0.05, 0.1) is 31.1 Å². The number of pyridine rings is 1. The van der Waals surface area contributed by atoms with Crippen LogP contribution in [0.25, 0.3) is 11.3 Å². The highest BCUT2D eigenvalue weighted by Gasteiger charge is 2.34. The molecule has 2 aliphatic rings. The zero-order valence-corrected chi connectivity index (χ0v) is 28.4. The van der Waals surface area contributed by atoms with Crippen LogP contribution in [0.2, 0.25) is 0 Å². The highest BCUT2D eigenvalue weighted by Crippen LogP contribution is 2.42. The summed E-state index contributed by atoms with van der Waals surface area (Å²) >= 11 is 0. The minimum Gasteiger partial charge on any atom is -0.444 e. The summed E-state index contributed by atoms with van der Waals surface area (Å²) in [6, 6.07) is 5.76. The number of aliphatic hydroxyl groups excluding tert-OH is 1. The number of hydrogen-bond acceptors (Lipinski definition) is 9. The molecular weight excluding hydrogens is 600 g/mol. The molecular formula is C34H46N8O5. The summed E-state index contributed by atoms with van der Waals surface area (Å²) in [7, 11) is 0. The molecule has 0 unspecified atom stereocenters. The van der Waals surface area contributed by atoms with Gasteiger partial charge in [0.1, 0.15) is 28.5 Å². The molecule has 2 N–H and O–H groups in total. The van der Waals surface area contributed by atoms with Crippen molar-refractivity contribution in [1.82, 2.24) is 28.9 Å². The van der Waals surface area contributed by atoms with Gasteiger partial charge in [-0.25, -0.2) is 19.6 Å². The number of ether oxygens (including phenoxy) is 2. The maximum Gasteiger partial charge on any atom is 0.416 e. The van der Waals surface area contributed by atoms with E-state index in [0.29, 0.717) is 48.4 Å². The summed E-state index contributed by atoms with van der Waals surface area (Å²) in [6.45, 7) is 14.2. The number of rotatable bonds is 7. The van der Waals surface area contributed by atoms with Gasteiger partial charge in [-0.3, -0.25) is 4.90 Å². The number of piperidine rings is 1. The molecule has 1 aliphatic carbocycles. The number of likely N-dealkylation sites (tertiary alicyclic amines) is 1. The molecule has 13 heteroatoms. The Morgan fingerprint density at radius 1 is 1.06 bits per heavy atom. The largest absolute Gasteiger partial charge is 0.444 e. The topological polar surface area (TPSA) is 139 Å². The fourth-order valence-corrected chi connectivity index (χ4v) is 5.87. The average molecular weight is 647 g/mol. The standard InChI is InChI=1S/C34H46N8O5/c1-21-9-8-13-39-18-24(37-29(21)39)19-41(32(45)47-34(5,6)7)28-15-27(38-30-25(22-10-11-22)17-36-42(28)30)35-16-23-12-14-40(20-26(23)43)31(44)46-33(2,3)4/h8-9,13,15,17-18,22-23,26,43H,10-12,14,16,19-20H2,1-7H3,(H,35,38)/t23-,26+/m1/s1. The predicted octanol–water partition coefficient (Wildman–Crippen LogP) is 5.53. The summed E-state index contributed by atoms with van der Waals surface area (Å²) in [4.78, 5) is 39.4. The number of anilines is 2. The number of aromatic nitrogens is 5. The van der Waals surface area contributed by atoms with E-state index in [1.807, 2.05) is 83.6 Å². The van der Waals surface area contributed by atoms with Crippen molar-refractivity contribution in [3.8, 4) is 0 Å². The zero-order chi connectivity index (χ0) is 33.7. The first-order valence-corrected chi connectivity index (χ1v) is 16.4. The third kappa shape index (κ3) is 7.45. The van der Waals surface area contributed by atoms with Gasteiger partial charge >= 0.3 is 12.2 Å². The van der Waals surface area contributed by atoms with Crippen molar-refractivity contribution in [2.75, 3.05) is 29.9 Å². The number of carbonyl (C=O) groups is 2. The molecule has 0 radical (unpaired) electrons. The first-order valence-electron chi connectivity index (χ1n) is 16.4. The van der Waals surface area contributed by atoms with E-state index >= 15 is 0 Å². The Hall–Kier alpha value is -4.39. The highest BCUT2D eigenvalue weighted by molar-refractivity contribution is 5.88. The van der Waals surface area contributed by atoms with Crippen LogP contribution < -0.4 is 10.2 Å². The minimum absolute atomic E-state index is 0.119. The van der Waals surface area contributed by atoms with Crippen LogP contribution in [-0.4, -0.2) is 83.1 Å². The molecule has 13 nitrogen and oxygen atoms in total. The second-order valence-electron chi connectivity index (χ2n) is 14.8. The van der Waals surface area contributed by atoms with E-state index in [-0.39, 0.29) is 19.0 Å². The van der Waals surface area contributed by atoms with Crippen molar-refractivity contribution in [2.24, 2.45) is 5.92 Å². The van der Waals surface area contributed by atoms with Gasteiger partial charge in [-0.2, -0.15) is 9.61 Å². The summed E-state index contributed by atoms with van der Waals surface area (Å²) < 4.78 is 15.1. The van der Waals surface area contributed by atoms with Crippen LogP contribution in [0.3, 0.4) is 0 Å². The Morgan fingerprint density at radius 3 is 2.47 bits per heavy atom. The van der Waals surface area contributed by atoms with E-state index < -0.39 is 29.5 Å². The fourth-order valence-electron chi connectivity index (χ4n) is 5.87. The Kier molecular flexibility index (Phi) is 8.54. The summed E-state index contributed by atoms with van der Waals surface area (Å²) in [5, 5.41) is 19.1. The molecule has 5 heterocycles. The molecule has 4 aromatic rings. The van der Waals surface area contributed by atoms with E-state index in [0.717, 1.165) is 29.6 Å². The van der Waals surface area contributed by atoms with Crippen LogP contribution >= 0.6 is 0 Å². The zero-order valence-electron chi connectivity index (χ0n) is 28.4. The predicted molar refractivity (Wildman–Crippen MR) is 178 cm³/mol. The quantitative estimate of drug-likeness (QED) is 0.265. The molecule has 252 valence electrons. The third-order valence-electron chi connectivity index (χ3n) is 8.35. The van der Waals surface area contributed by atoms with Crippen molar-refractivity contribution in [3.63, 3.8) is 0 Å². The molecule has 1 saturated heterocycles. The van der Waals surface area contributed by atoms with Gasteiger partial charge in [-0.15, -0.1) is 0 Å². The Labute approximate surface area is 274 Å². The van der Waals surface area contributed by atoms with Gasteiger partial charge in [0.25, 0.3) is 0 Å². The SMILES string of the molecule is Cc1cccn2cc(CN(C(=O)OC(C)(C)C)c3cc(NC[C@H]4CCN(C(=O)OC(C)(C)C)C[C@@H]4O)nc4c(C5CC5)cnn34)nc12. The van der Waals surface area contributed by atoms with Crippen LogP contribution in [0, 0.1) is 12.8 Å². The molecule has 1 aliphatic heterocycles. The number of aliphatic hydroxyl groups is 1. The normalized spacial score (nSPS) is 18.9. The van der Waals surface area contributed by atoms with Crippen molar-refractivity contribution < 1.29 is 24.2 Å². The number of β-amino-alcohol motifs (C(OH)–C–C–N with tert-alkyl or cyclic N) is 1. The second-order valence-corrected chi connectivity index (χ2v) is 14.8. The number of imidazole rings is 1. The number of carbonyl (C=O) groups excluding carboxylic acids is 2. The van der Waals surface area contributed by atoms with Gasteiger partial charge in [0.2, 0.25) is 0 Å². The fraction of sp³-hybridized carbons (Fsp3) is 0.559. The van der Waals surface area contributed by atoms with Crippen molar-refractivity contribution >= 4 is 35.1 Å². The lowest BCUT2D eigenvalue weighted by atomic mass is 9.94. The monoisotopic (exact) mass is 646 g/mol. The lowest BCUT2D eigenvalue weighted by molar-refractivity contribution is -0.0104. The van der Waals surface area contributed by atoms with Crippen molar-refractivity contribution in [2.45, 2.75) is 97.5 Å². The van der Waals surface area contributed by atoms with Crippen molar-refractivity contribution in [3.05, 3.63) is 53.6 Å². The molecule has 2 fully saturated rings. The van der Waals surface area contributed by atoms with Gasteiger partial charge in [-0.1, -0.05) is 6.07 Å². The van der Waals surface area contributed by atoms with Crippen LogP contribution in [0.4, 0.5) is 21.2 Å². The maximum atomic E-state index is 13.9. The van der Waals surface area contributed by atoms with E-state index in [1.54, 1.807) is 20.4 Å². The molecule has 2 amide bonds.